The van der Waals surface area contributed by atoms with Gasteiger partial charge in [0.2, 0.25) is 0 Å². The zero-order chi connectivity index (χ0) is 11.6. The van der Waals surface area contributed by atoms with E-state index >= 15 is 0 Å². The minimum Gasteiger partial charge on any atom is -0.390 e. The van der Waals surface area contributed by atoms with Crippen molar-refractivity contribution in [3.05, 3.63) is 22.4 Å². The molecule has 90 valence electrons. The summed E-state index contributed by atoms with van der Waals surface area (Å²) in [7, 11) is 0. The van der Waals surface area contributed by atoms with Crippen molar-refractivity contribution >= 4 is 11.3 Å². The Morgan fingerprint density at radius 2 is 2.06 bits per heavy atom. The number of hydrogen-bond acceptors (Lipinski definition) is 2. The molecule has 1 N–H and O–H groups in total. The van der Waals surface area contributed by atoms with Gasteiger partial charge in [-0.3, -0.25) is 0 Å². The van der Waals surface area contributed by atoms with E-state index in [9.17, 15) is 5.11 Å². The molecule has 2 rings (SSSR count). The lowest BCUT2D eigenvalue weighted by molar-refractivity contribution is -0.0372. The van der Waals surface area contributed by atoms with E-state index in [-0.39, 0.29) is 0 Å². The Kier molecular flexibility index (Phi) is 3.70. The van der Waals surface area contributed by atoms with Crippen LogP contribution >= 0.6 is 11.3 Å². The quantitative estimate of drug-likeness (QED) is 0.847. The molecular weight excluding hydrogens is 216 g/mol. The predicted octanol–water partition coefficient (Wildman–Crippen LogP) is 3.87. The Hall–Kier alpha value is -0.340. The molecule has 0 bridgehead atoms. The summed E-state index contributed by atoms with van der Waals surface area (Å²) in [6.07, 6.45) is 5.21. The van der Waals surface area contributed by atoms with Crippen molar-refractivity contribution in [2.45, 2.75) is 51.6 Å². The Morgan fingerprint density at radius 1 is 1.38 bits per heavy atom. The van der Waals surface area contributed by atoms with E-state index in [1.165, 1.54) is 12.0 Å². The molecule has 0 amide bonds. The lowest BCUT2D eigenvalue weighted by Crippen LogP contribution is -2.38. The van der Waals surface area contributed by atoms with Gasteiger partial charge in [0.05, 0.1) is 5.60 Å². The summed E-state index contributed by atoms with van der Waals surface area (Å²) in [5.41, 5.74) is 0.975. The second-order valence-corrected chi connectivity index (χ2v) is 6.49. The molecule has 1 nitrogen and oxygen atoms in total. The first kappa shape index (κ1) is 12.1. The first-order chi connectivity index (χ1) is 7.57. The zero-order valence-corrected chi connectivity index (χ0v) is 11.1. The van der Waals surface area contributed by atoms with E-state index < -0.39 is 5.60 Å². The predicted molar refractivity (Wildman–Crippen MR) is 69.8 cm³/mol. The van der Waals surface area contributed by atoms with Crippen molar-refractivity contribution in [3.63, 3.8) is 0 Å². The minimum absolute atomic E-state index is 0.404. The van der Waals surface area contributed by atoms with Crippen LogP contribution in [-0.4, -0.2) is 10.7 Å². The molecule has 0 radical (unpaired) electrons. The van der Waals surface area contributed by atoms with Gasteiger partial charge in [-0.15, -0.1) is 0 Å². The fraction of sp³-hybridized carbons (Fsp3) is 0.714. The molecule has 16 heavy (non-hydrogen) atoms. The largest absolute Gasteiger partial charge is 0.390 e. The third kappa shape index (κ3) is 3.08. The first-order valence-electron chi connectivity index (χ1n) is 6.31. The van der Waals surface area contributed by atoms with Gasteiger partial charge < -0.3 is 5.11 Å². The van der Waals surface area contributed by atoms with Crippen LogP contribution in [0, 0.1) is 11.8 Å². The lowest BCUT2D eigenvalue weighted by Gasteiger charge is -2.39. The summed E-state index contributed by atoms with van der Waals surface area (Å²) in [4.78, 5) is 0. The molecule has 0 aromatic carbocycles. The van der Waals surface area contributed by atoms with Gasteiger partial charge >= 0.3 is 0 Å². The molecule has 1 aliphatic carbocycles. The van der Waals surface area contributed by atoms with Crippen LogP contribution in [0.25, 0.3) is 0 Å². The molecule has 2 heteroatoms. The summed E-state index contributed by atoms with van der Waals surface area (Å²) < 4.78 is 0. The minimum atomic E-state index is -0.404. The van der Waals surface area contributed by atoms with E-state index in [1.54, 1.807) is 11.3 Å². The highest BCUT2D eigenvalue weighted by molar-refractivity contribution is 7.07. The van der Waals surface area contributed by atoms with Gasteiger partial charge in [0.1, 0.15) is 0 Å². The van der Waals surface area contributed by atoms with Crippen molar-refractivity contribution in [2.24, 2.45) is 11.8 Å². The standard InChI is InChI=1S/C14H22OS/c1-11-7-12(2)9-14(15,8-11)5-3-13-4-6-16-10-13/h4,6,10-12,15H,3,5,7-9H2,1-2H3. The monoisotopic (exact) mass is 238 g/mol. The van der Waals surface area contributed by atoms with E-state index in [0.29, 0.717) is 11.8 Å². The summed E-state index contributed by atoms with van der Waals surface area (Å²) in [6.45, 7) is 4.54. The van der Waals surface area contributed by atoms with Gasteiger partial charge in [0.15, 0.2) is 0 Å². The van der Waals surface area contributed by atoms with Crippen LogP contribution in [0.4, 0.5) is 0 Å². The van der Waals surface area contributed by atoms with Gasteiger partial charge in [-0.2, -0.15) is 11.3 Å². The fourth-order valence-electron chi connectivity index (χ4n) is 3.25. The Balaban J connectivity index is 1.91. The van der Waals surface area contributed by atoms with Crippen molar-refractivity contribution in [1.82, 2.24) is 0 Å². The SMILES string of the molecule is CC1CC(C)CC(O)(CCc2ccsc2)C1. The third-order valence-electron chi connectivity index (χ3n) is 3.72. The molecule has 1 heterocycles. The number of aryl methyl sites for hydroxylation is 1. The van der Waals surface area contributed by atoms with Gasteiger partial charge in [0.25, 0.3) is 0 Å². The molecule has 1 aromatic rings. The van der Waals surface area contributed by atoms with Crippen LogP contribution in [-0.2, 0) is 6.42 Å². The number of aliphatic hydroxyl groups is 1. The van der Waals surface area contributed by atoms with E-state index in [2.05, 4.69) is 30.7 Å². The maximum Gasteiger partial charge on any atom is 0.0656 e. The van der Waals surface area contributed by atoms with Crippen LogP contribution < -0.4 is 0 Å². The van der Waals surface area contributed by atoms with Crippen molar-refractivity contribution in [2.75, 3.05) is 0 Å². The maximum atomic E-state index is 10.6. The van der Waals surface area contributed by atoms with Crippen LogP contribution in [0.15, 0.2) is 16.8 Å². The van der Waals surface area contributed by atoms with Crippen molar-refractivity contribution in [1.29, 1.82) is 0 Å². The lowest BCUT2D eigenvalue weighted by atomic mass is 9.72. The van der Waals surface area contributed by atoms with Crippen molar-refractivity contribution in [3.8, 4) is 0 Å². The molecule has 1 aromatic heterocycles. The topological polar surface area (TPSA) is 20.2 Å². The van der Waals surface area contributed by atoms with Crippen LogP contribution in [0.2, 0.25) is 0 Å². The van der Waals surface area contributed by atoms with E-state index in [1.807, 2.05) is 0 Å². The number of rotatable bonds is 3. The van der Waals surface area contributed by atoms with Gasteiger partial charge in [-0.05, 0) is 66.3 Å². The van der Waals surface area contributed by atoms with Gasteiger partial charge in [-0.25, -0.2) is 0 Å². The highest BCUT2D eigenvalue weighted by Gasteiger charge is 2.35. The fourth-order valence-corrected chi connectivity index (χ4v) is 3.95. The number of thiophene rings is 1. The average Bonchev–Trinajstić information content (AvgIpc) is 2.64. The second kappa shape index (κ2) is 4.89. The van der Waals surface area contributed by atoms with E-state index in [4.69, 9.17) is 0 Å². The molecule has 0 aliphatic heterocycles. The van der Waals surface area contributed by atoms with Crippen LogP contribution in [0.5, 0.6) is 0 Å². The van der Waals surface area contributed by atoms with Crippen LogP contribution in [0.1, 0.15) is 45.1 Å². The summed E-state index contributed by atoms with van der Waals surface area (Å²) >= 11 is 1.74. The highest BCUT2D eigenvalue weighted by atomic mass is 32.1. The van der Waals surface area contributed by atoms with Crippen LogP contribution in [0.3, 0.4) is 0 Å². The van der Waals surface area contributed by atoms with E-state index in [0.717, 1.165) is 25.7 Å². The summed E-state index contributed by atoms with van der Waals surface area (Å²) in [6, 6.07) is 2.17. The highest BCUT2D eigenvalue weighted by Crippen LogP contribution is 2.38. The molecular formula is C14H22OS. The van der Waals surface area contributed by atoms with Gasteiger partial charge in [-0.1, -0.05) is 13.8 Å². The molecule has 2 atom stereocenters. The average molecular weight is 238 g/mol. The normalized spacial score (nSPS) is 35.2. The van der Waals surface area contributed by atoms with Gasteiger partial charge in [0, 0.05) is 0 Å². The Bertz CT molecular complexity index is 307. The molecule has 0 spiro atoms. The Labute approximate surface area is 103 Å². The summed E-state index contributed by atoms with van der Waals surface area (Å²) in [5, 5.41) is 14.9. The molecule has 2 unspecified atom stereocenters. The summed E-state index contributed by atoms with van der Waals surface area (Å²) in [5.74, 6) is 1.35. The number of hydrogen-bond donors (Lipinski definition) is 1. The van der Waals surface area contributed by atoms with Crippen molar-refractivity contribution < 1.29 is 5.11 Å². The third-order valence-corrected chi connectivity index (χ3v) is 4.45. The molecule has 1 saturated carbocycles. The second-order valence-electron chi connectivity index (χ2n) is 5.71. The molecule has 1 fully saturated rings. The first-order valence-corrected chi connectivity index (χ1v) is 7.25. The molecule has 1 aliphatic rings. The smallest absolute Gasteiger partial charge is 0.0656 e. The zero-order valence-electron chi connectivity index (χ0n) is 10.3. The molecule has 0 saturated heterocycles. The maximum absolute atomic E-state index is 10.6. The Morgan fingerprint density at radius 3 is 2.62 bits per heavy atom.